The van der Waals surface area contributed by atoms with Crippen LogP contribution in [-0.4, -0.2) is 23.8 Å². The first kappa shape index (κ1) is 13.1. The van der Waals surface area contributed by atoms with Crippen LogP contribution < -0.4 is 4.74 Å². The van der Waals surface area contributed by atoms with Gasteiger partial charge < -0.3 is 4.74 Å². The number of methoxy groups -OCH3 is 1. The molecule has 0 fully saturated rings. The van der Waals surface area contributed by atoms with Gasteiger partial charge in [0.15, 0.2) is 5.78 Å². The predicted octanol–water partition coefficient (Wildman–Crippen LogP) is 3.16. The summed E-state index contributed by atoms with van der Waals surface area (Å²) in [4.78, 5) is 15.6. The standard InChI is InChI=1S/C13H12ClNO2S/c1-17-10-4-2-9(3-5-10)6-13-15-11(8-18-13)12(16)7-14/h2-5,8H,6-7H2,1H3. The Hall–Kier alpha value is -1.39. The SMILES string of the molecule is COc1ccc(Cc2nc(C(=O)CCl)cs2)cc1. The second-order valence-electron chi connectivity index (χ2n) is 3.71. The van der Waals surface area contributed by atoms with E-state index < -0.39 is 0 Å². The van der Waals surface area contributed by atoms with Crippen LogP contribution in [0.2, 0.25) is 0 Å². The fourth-order valence-electron chi connectivity index (χ4n) is 1.51. The van der Waals surface area contributed by atoms with Crippen molar-refractivity contribution >= 4 is 28.7 Å². The summed E-state index contributed by atoms with van der Waals surface area (Å²) in [6.07, 6.45) is 0.713. The van der Waals surface area contributed by atoms with Crippen LogP contribution in [0.4, 0.5) is 0 Å². The zero-order valence-electron chi connectivity index (χ0n) is 9.85. The number of thiazole rings is 1. The zero-order chi connectivity index (χ0) is 13.0. The molecule has 5 heteroatoms. The lowest BCUT2D eigenvalue weighted by molar-refractivity contribution is 0.101. The third kappa shape index (κ3) is 3.09. The molecule has 2 aromatic rings. The van der Waals surface area contributed by atoms with Gasteiger partial charge in [-0.1, -0.05) is 12.1 Å². The van der Waals surface area contributed by atoms with Gasteiger partial charge in [-0.25, -0.2) is 4.98 Å². The Morgan fingerprint density at radius 3 is 2.72 bits per heavy atom. The Balaban J connectivity index is 2.08. The van der Waals surface area contributed by atoms with Crippen molar-refractivity contribution in [1.29, 1.82) is 0 Å². The zero-order valence-corrected chi connectivity index (χ0v) is 11.4. The highest BCUT2D eigenvalue weighted by molar-refractivity contribution is 7.09. The Labute approximate surface area is 114 Å². The number of hydrogen-bond acceptors (Lipinski definition) is 4. The van der Waals surface area contributed by atoms with Gasteiger partial charge in [-0.3, -0.25) is 4.79 Å². The first-order valence-electron chi connectivity index (χ1n) is 5.39. The number of carbonyl (C=O) groups is 1. The highest BCUT2D eigenvalue weighted by Gasteiger charge is 2.09. The summed E-state index contributed by atoms with van der Waals surface area (Å²) in [5.74, 6) is 0.677. The molecular weight excluding hydrogens is 270 g/mol. The van der Waals surface area contributed by atoms with Gasteiger partial charge in [0, 0.05) is 11.8 Å². The molecule has 2 rings (SSSR count). The Bertz CT molecular complexity index is 536. The largest absolute Gasteiger partial charge is 0.497 e. The predicted molar refractivity (Wildman–Crippen MR) is 73.0 cm³/mol. The number of alkyl halides is 1. The molecule has 3 nitrogen and oxygen atoms in total. The van der Waals surface area contributed by atoms with Crippen LogP contribution >= 0.6 is 22.9 Å². The van der Waals surface area contributed by atoms with Crippen LogP contribution in [0.3, 0.4) is 0 Å². The molecule has 0 spiro atoms. The molecule has 0 unspecified atom stereocenters. The molecule has 0 atom stereocenters. The van der Waals surface area contributed by atoms with Crippen molar-refractivity contribution < 1.29 is 9.53 Å². The minimum atomic E-state index is -0.131. The lowest BCUT2D eigenvalue weighted by Crippen LogP contribution is -2.00. The van der Waals surface area contributed by atoms with E-state index in [1.807, 2.05) is 24.3 Å². The number of aromatic nitrogens is 1. The van der Waals surface area contributed by atoms with Gasteiger partial charge in [0.05, 0.1) is 18.0 Å². The smallest absolute Gasteiger partial charge is 0.196 e. The second-order valence-corrected chi connectivity index (χ2v) is 4.92. The normalized spacial score (nSPS) is 10.3. The van der Waals surface area contributed by atoms with E-state index in [1.54, 1.807) is 12.5 Å². The molecule has 0 bridgehead atoms. The fourth-order valence-corrected chi connectivity index (χ4v) is 2.48. The van der Waals surface area contributed by atoms with Gasteiger partial charge in [-0.15, -0.1) is 22.9 Å². The van der Waals surface area contributed by atoms with E-state index in [4.69, 9.17) is 16.3 Å². The molecule has 94 valence electrons. The lowest BCUT2D eigenvalue weighted by atomic mass is 10.1. The molecule has 0 aliphatic carbocycles. The van der Waals surface area contributed by atoms with Crippen LogP contribution in [0.1, 0.15) is 21.1 Å². The van der Waals surface area contributed by atoms with Gasteiger partial charge in [0.25, 0.3) is 0 Å². The number of carbonyl (C=O) groups excluding carboxylic acids is 1. The van der Waals surface area contributed by atoms with Crippen LogP contribution in [0.5, 0.6) is 5.75 Å². The minimum absolute atomic E-state index is 0.0221. The highest BCUT2D eigenvalue weighted by Crippen LogP contribution is 2.18. The molecule has 0 aliphatic rings. The number of nitrogens with zero attached hydrogens (tertiary/aromatic N) is 1. The molecule has 0 radical (unpaired) electrons. The van der Waals surface area contributed by atoms with E-state index in [2.05, 4.69) is 4.98 Å². The van der Waals surface area contributed by atoms with E-state index >= 15 is 0 Å². The Morgan fingerprint density at radius 1 is 1.39 bits per heavy atom. The van der Waals surface area contributed by atoms with Gasteiger partial charge >= 0.3 is 0 Å². The van der Waals surface area contributed by atoms with Crippen LogP contribution in [0, 0.1) is 0 Å². The van der Waals surface area contributed by atoms with E-state index in [1.165, 1.54) is 11.3 Å². The molecule has 18 heavy (non-hydrogen) atoms. The molecule has 1 aromatic carbocycles. The fraction of sp³-hybridized carbons (Fsp3) is 0.231. The van der Waals surface area contributed by atoms with Crippen LogP contribution in [0.25, 0.3) is 0 Å². The summed E-state index contributed by atoms with van der Waals surface area (Å²) in [5.41, 5.74) is 1.59. The van der Waals surface area contributed by atoms with Gasteiger partial charge in [0.2, 0.25) is 0 Å². The maximum absolute atomic E-state index is 11.4. The second kappa shape index (κ2) is 5.98. The number of rotatable bonds is 5. The monoisotopic (exact) mass is 281 g/mol. The molecular formula is C13H12ClNO2S. The summed E-state index contributed by atoms with van der Waals surface area (Å²) >= 11 is 6.97. The lowest BCUT2D eigenvalue weighted by Gasteiger charge is -2.01. The molecule has 0 saturated heterocycles. The van der Waals surface area contributed by atoms with E-state index in [9.17, 15) is 4.79 Å². The van der Waals surface area contributed by atoms with Crippen molar-refractivity contribution in [3.8, 4) is 5.75 Å². The quantitative estimate of drug-likeness (QED) is 0.624. The number of hydrogen-bond donors (Lipinski definition) is 0. The van der Waals surface area contributed by atoms with Crippen molar-refractivity contribution in [1.82, 2.24) is 4.98 Å². The van der Waals surface area contributed by atoms with Crippen LogP contribution in [-0.2, 0) is 6.42 Å². The molecule has 0 saturated carbocycles. The summed E-state index contributed by atoms with van der Waals surface area (Å²) in [7, 11) is 1.64. The van der Waals surface area contributed by atoms with Crippen molar-refractivity contribution in [2.75, 3.05) is 13.0 Å². The minimum Gasteiger partial charge on any atom is -0.497 e. The number of ether oxygens (including phenoxy) is 1. The van der Waals surface area contributed by atoms with E-state index in [0.717, 1.165) is 16.3 Å². The molecule has 0 aliphatic heterocycles. The maximum atomic E-state index is 11.4. The average Bonchev–Trinajstić information content (AvgIpc) is 2.87. The van der Waals surface area contributed by atoms with Crippen molar-refractivity contribution in [3.63, 3.8) is 0 Å². The summed E-state index contributed by atoms with van der Waals surface area (Å²) in [6.45, 7) is 0. The van der Waals surface area contributed by atoms with E-state index in [0.29, 0.717) is 12.1 Å². The third-order valence-electron chi connectivity index (χ3n) is 2.47. The van der Waals surface area contributed by atoms with Gasteiger partial charge in [-0.05, 0) is 17.7 Å². The van der Waals surface area contributed by atoms with E-state index in [-0.39, 0.29) is 11.7 Å². The first-order valence-corrected chi connectivity index (χ1v) is 6.81. The number of halogens is 1. The average molecular weight is 282 g/mol. The van der Waals surface area contributed by atoms with Gasteiger partial charge in [0.1, 0.15) is 11.4 Å². The third-order valence-corrected chi connectivity index (χ3v) is 3.56. The summed E-state index contributed by atoms with van der Waals surface area (Å²) < 4.78 is 5.10. The molecule has 1 aromatic heterocycles. The molecule has 0 N–H and O–H groups in total. The van der Waals surface area contributed by atoms with Crippen molar-refractivity contribution in [2.24, 2.45) is 0 Å². The maximum Gasteiger partial charge on any atom is 0.196 e. The number of benzene rings is 1. The summed E-state index contributed by atoms with van der Waals surface area (Å²) in [6, 6.07) is 7.80. The van der Waals surface area contributed by atoms with Crippen molar-refractivity contribution in [2.45, 2.75) is 6.42 Å². The molecule has 1 heterocycles. The Morgan fingerprint density at radius 2 is 2.11 bits per heavy atom. The number of Topliss-reactive ketones (excluding diaryl/α,β-unsaturated/α-hetero) is 1. The van der Waals surface area contributed by atoms with Crippen LogP contribution in [0.15, 0.2) is 29.6 Å². The topological polar surface area (TPSA) is 39.2 Å². The van der Waals surface area contributed by atoms with Gasteiger partial charge in [-0.2, -0.15) is 0 Å². The first-order chi connectivity index (χ1) is 8.72. The molecule has 0 amide bonds. The summed E-state index contributed by atoms with van der Waals surface area (Å²) in [5, 5.41) is 2.66. The Kier molecular flexibility index (Phi) is 4.33. The van der Waals surface area contributed by atoms with Crippen molar-refractivity contribution in [3.05, 3.63) is 45.9 Å². The number of ketones is 1. The highest BCUT2D eigenvalue weighted by atomic mass is 35.5.